The summed E-state index contributed by atoms with van der Waals surface area (Å²) in [6.07, 6.45) is 0. The van der Waals surface area contributed by atoms with Crippen LogP contribution in [0.2, 0.25) is 0 Å². The van der Waals surface area contributed by atoms with Gasteiger partial charge in [-0.3, -0.25) is 4.79 Å². The number of amides is 1. The molecule has 0 unspecified atom stereocenters. The molecule has 0 bridgehead atoms. The molecule has 2 aromatic carbocycles. The Morgan fingerprint density at radius 1 is 1.16 bits per heavy atom. The lowest BCUT2D eigenvalue weighted by atomic mass is 10.1. The summed E-state index contributed by atoms with van der Waals surface area (Å²) in [6.45, 7) is 2.08. The van der Waals surface area contributed by atoms with Gasteiger partial charge in [0.2, 0.25) is 0 Å². The number of hydrogen-bond acceptors (Lipinski definition) is 6. The van der Waals surface area contributed by atoms with Gasteiger partial charge >= 0.3 is 0 Å². The fourth-order valence-electron chi connectivity index (χ4n) is 3.79. The van der Waals surface area contributed by atoms with Crippen molar-refractivity contribution >= 4 is 33.8 Å². The lowest BCUT2D eigenvalue weighted by Crippen LogP contribution is -2.16. The molecule has 32 heavy (non-hydrogen) atoms. The highest BCUT2D eigenvalue weighted by atomic mass is 32.1. The van der Waals surface area contributed by atoms with Gasteiger partial charge in [-0.15, -0.1) is 16.4 Å². The highest BCUT2D eigenvalue weighted by Gasteiger charge is 2.19. The Bertz CT molecular complexity index is 1510. The van der Waals surface area contributed by atoms with E-state index in [1.54, 1.807) is 29.5 Å². The van der Waals surface area contributed by atoms with Crippen LogP contribution in [0.5, 0.6) is 0 Å². The molecule has 0 saturated heterocycles. The van der Waals surface area contributed by atoms with Gasteiger partial charge in [0.15, 0.2) is 5.82 Å². The maximum absolute atomic E-state index is 13.3. The molecule has 9 heteroatoms. The van der Waals surface area contributed by atoms with Crippen LogP contribution in [0.4, 0.5) is 5.69 Å². The number of carbonyl (C=O) groups is 1. The van der Waals surface area contributed by atoms with E-state index in [9.17, 15) is 10.1 Å². The summed E-state index contributed by atoms with van der Waals surface area (Å²) < 4.78 is 1.91. The second-order valence-electron chi connectivity index (χ2n) is 7.32. The summed E-state index contributed by atoms with van der Waals surface area (Å²) in [7, 11) is 1.89. The fourth-order valence-corrected chi connectivity index (χ4v) is 4.68. The molecule has 0 saturated carbocycles. The molecule has 5 rings (SSSR count). The lowest BCUT2D eigenvalue weighted by Gasteiger charge is -2.11. The van der Waals surface area contributed by atoms with Crippen molar-refractivity contribution in [1.82, 2.24) is 25.2 Å². The molecule has 0 radical (unpaired) electrons. The minimum Gasteiger partial charge on any atom is -0.339 e. The smallest absolute Gasteiger partial charge is 0.272 e. The fraction of sp³-hybridized carbons (Fsp3) is 0.0870. The van der Waals surface area contributed by atoms with Crippen molar-refractivity contribution < 1.29 is 4.79 Å². The van der Waals surface area contributed by atoms with Crippen molar-refractivity contribution in [3.05, 3.63) is 70.7 Å². The molecule has 0 aliphatic carbocycles. The first-order valence-corrected chi connectivity index (χ1v) is 10.6. The maximum atomic E-state index is 13.3. The number of nitrogens with one attached hydrogen (secondary N) is 2. The van der Waals surface area contributed by atoms with E-state index in [-0.39, 0.29) is 5.91 Å². The average molecular weight is 440 g/mol. The quantitative estimate of drug-likeness (QED) is 0.428. The largest absolute Gasteiger partial charge is 0.339 e. The second-order valence-corrected chi connectivity index (χ2v) is 8.61. The van der Waals surface area contributed by atoms with Crippen LogP contribution in [0.25, 0.3) is 32.7 Å². The van der Waals surface area contributed by atoms with E-state index in [4.69, 9.17) is 0 Å². The average Bonchev–Trinajstić information content (AvgIpc) is 3.55. The van der Waals surface area contributed by atoms with Gasteiger partial charge in [-0.05, 0) is 53.7 Å². The zero-order valence-electron chi connectivity index (χ0n) is 17.2. The van der Waals surface area contributed by atoms with Crippen molar-refractivity contribution in [1.29, 1.82) is 5.26 Å². The van der Waals surface area contributed by atoms with Crippen LogP contribution in [0.3, 0.4) is 0 Å². The van der Waals surface area contributed by atoms with Gasteiger partial charge in [-0.25, -0.2) is 5.10 Å². The molecule has 0 aliphatic rings. The SMILES string of the molecule is Cc1ccc(-c2cccc3cc(C(=O)Nc4ccc(C#N)cc4-c4nnn[nH]4)n(C)c23)s1. The maximum Gasteiger partial charge on any atom is 0.272 e. The van der Waals surface area contributed by atoms with Gasteiger partial charge in [0, 0.05) is 33.3 Å². The number of anilines is 1. The van der Waals surface area contributed by atoms with E-state index < -0.39 is 0 Å². The van der Waals surface area contributed by atoms with Crippen LogP contribution in [-0.4, -0.2) is 31.1 Å². The molecule has 1 amide bonds. The summed E-state index contributed by atoms with van der Waals surface area (Å²) in [5.41, 5.74) is 4.09. The number of H-pyrrole nitrogens is 1. The normalized spacial score (nSPS) is 10.9. The summed E-state index contributed by atoms with van der Waals surface area (Å²) in [4.78, 5) is 15.7. The number of fused-ring (bicyclic) bond motifs is 1. The standard InChI is InChI=1S/C23H17N7OS/c1-13-6-9-20(32-13)16-5-3-4-15-11-19(30(2)21(15)16)23(31)25-18-8-7-14(12-24)10-17(18)22-26-28-29-27-22/h3-11H,1-2H3,(H,25,31)(H,26,27,28,29). The van der Waals surface area contributed by atoms with E-state index >= 15 is 0 Å². The number of aryl methyl sites for hydroxylation is 2. The first kappa shape index (κ1) is 19.7. The van der Waals surface area contributed by atoms with Crippen molar-refractivity contribution in [3.63, 3.8) is 0 Å². The predicted octanol–water partition coefficient (Wildman–Crippen LogP) is 4.52. The topological polar surface area (TPSA) is 112 Å². The zero-order valence-corrected chi connectivity index (χ0v) is 18.1. The molecule has 0 aliphatic heterocycles. The molecular formula is C23H17N7OS. The second kappa shape index (κ2) is 7.76. The van der Waals surface area contributed by atoms with Gasteiger partial charge in [0.05, 0.1) is 22.8 Å². The Balaban J connectivity index is 1.56. The first-order chi connectivity index (χ1) is 15.5. The van der Waals surface area contributed by atoms with Crippen LogP contribution in [0.1, 0.15) is 20.9 Å². The summed E-state index contributed by atoms with van der Waals surface area (Å²) in [6, 6.07) is 19.2. The van der Waals surface area contributed by atoms with Crippen molar-refractivity contribution in [2.75, 3.05) is 5.32 Å². The Morgan fingerprint density at radius 2 is 2.03 bits per heavy atom. The zero-order chi connectivity index (χ0) is 22.2. The number of hydrogen-bond donors (Lipinski definition) is 2. The third-order valence-corrected chi connectivity index (χ3v) is 6.33. The van der Waals surface area contributed by atoms with E-state index in [0.717, 1.165) is 21.3 Å². The minimum absolute atomic E-state index is 0.268. The highest BCUT2D eigenvalue weighted by Crippen LogP contribution is 2.35. The van der Waals surface area contributed by atoms with Crippen molar-refractivity contribution in [2.24, 2.45) is 7.05 Å². The number of carbonyl (C=O) groups excluding carboxylic acids is 1. The molecular weight excluding hydrogens is 422 g/mol. The van der Waals surface area contributed by atoms with Crippen molar-refractivity contribution in [2.45, 2.75) is 6.92 Å². The number of rotatable bonds is 4. The number of thiophene rings is 1. The van der Waals surface area contributed by atoms with Gasteiger partial charge in [0.25, 0.3) is 5.91 Å². The third kappa shape index (κ3) is 3.33. The van der Waals surface area contributed by atoms with Gasteiger partial charge in [-0.1, -0.05) is 18.2 Å². The number of tetrazole rings is 1. The minimum atomic E-state index is -0.268. The molecule has 3 heterocycles. The Labute approximate surface area is 187 Å². The van der Waals surface area contributed by atoms with E-state index in [1.165, 1.54) is 4.88 Å². The van der Waals surface area contributed by atoms with E-state index in [2.05, 4.69) is 57.1 Å². The third-order valence-electron chi connectivity index (χ3n) is 5.29. The number of nitriles is 1. The monoisotopic (exact) mass is 439 g/mol. The van der Waals surface area contributed by atoms with Gasteiger partial charge in [-0.2, -0.15) is 5.26 Å². The van der Waals surface area contributed by atoms with Crippen LogP contribution in [0, 0.1) is 18.3 Å². The number of aromatic nitrogens is 5. The Morgan fingerprint density at radius 3 is 2.75 bits per heavy atom. The lowest BCUT2D eigenvalue weighted by molar-refractivity contribution is 0.102. The van der Waals surface area contributed by atoms with Crippen LogP contribution < -0.4 is 5.32 Å². The molecule has 0 fully saturated rings. The van der Waals surface area contributed by atoms with Gasteiger partial charge < -0.3 is 9.88 Å². The molecule has 0 spiro atoms. The van der Waals surface area contributed by atoms with Gasteiger partial charge in [0.1, 0.15) is 5.69 Å². The molecule has 2 N–H and O–H groups in total. The molecule has 5 aromatic rings. The molecule has 0 atom stereocenters. The van der Waals surface area contributed by atoms with Crippen molar-refractivity contribution in [3.8, 4) is 27.9 Å². The first-order valence-electron chi connectivity index (χ1n) is 9.80. The molecule has 8 nitrogen and oxygen atoms in total. The number of nitrogens with zero attached hydrogens (tertiary/aromatic N) is 5. The number of para-hydroxylation sites is 1. The Hall–Kier alpha value is -4.29. The summed E-state index contributed by atoms with van der Waals surface area (Å²) >= 11 is 1.73. The van der Waals surface area contributed by atoms with Crippen LogP contribution in [-0.2, 0) is 7.05 Å². The predicted molar refractivity (Wildman–Crippen MR) is 123 cm³/mol. The highest BCUT2D eigenvalue weighted by molar-refractivity contribution is 7.15. The van der Waals surface area contributed by atoms with E-state index in [1.807, 2.05) is 29.8 Å². The van der Waals surface area contributed by atoms with Crippen LogP contribution >= 0.6 is 11.3 Å². The summed E-state index contributed by atoms with van der Waals surface area (Å²) in [5, 5.41) is 27.0. The summed E-state index contributed by atoms with van der Waals surface area (Å²) in [5.74, 6) is 0.0974. The molecule has 156 valence electrons. The number of benzene rings is 2. The van der Waals surface area contributed by atoms with Crippen LogP contribution in [0.15, 0.2) is 54.6 Å². The Kier molecular flexibility index (Phi) is 4.77. The van der Waals surface area contributed by atoms with E-state index in [0.29, 0.717) is 28.3 Å². The number of aromatic amines is 1. The molecule has 3 aromatic heterocycles.